The Morgan fingerprint density at radius 3 is 1.43 bits per heavy atom. The zero-order valence-electron chi connectivity index (χ0n) is 13.4. The van der Waals surface area contributed by atoms with Crippen LogP contribution in [0.2, 0.25) is 0 Å². The van der Waals surface area contributed by atoms with E-state index in [0.29, 0.717) is 0 Å². The summed E-state index contributed by atoms with van der Waals surface area (Å²) in [5, 5.41) is 10.3. The van der Waals surface area contributed by atoms with Crippen LogP contribution in [0.1, 0.15) is 48.4 Å². The van der Waals surface area contributed by atoms with E-state index in [4.69, 9.17) is 5.73 Å². The van der Waals surface area contributed by atoms with Gasteiger partial charge >= 0.3 is 0 Å². The van der Waals surface area contributed by atoms with Gasteiger partial charge in [0.2, 0.25) is 5.91 Å². The standard InChI is InChI=1S/C8H7NO3.C8H20N/c9-7(10)5-1-3-6(4-2-5)8(11)12;1-5-9(6-2,7-3)8-4/h1-4H,(H2,9,10)(H,11,12);5-8H2,1-4H3/q;+1/p-1. The summed E-state index contributed by atoms with van der Waals surface area (Å²) in [5.74, 6) is -1.86. The van der Waals surface area contributed by atoms with Crippen molar-refractivity contribution in [2.75, 3.05) is 26.2 Å². The van der Waals surface area contributed by atoms with Crippen LogP contribution in [-0.4, -0.2) is 42.5 Å². The average Bonchev–Trinajstić information content (AvgIpc) is 2.51. The highest BCUT2D eigenvalue weighted by Crippen LogP contribution is 2.03. The van der Waals surface area contributed by atoms with Crippen molar-refractivity contribution in [3.05, 3.63) is 35.4 Å². The smallest absolute Gasteiger partial charge is 0.248 e. The highest BCUT2D eigenvalue weighted by molar-refractivity contribution is 5.94. The van der Waals surface area contributed by atoms with E-state index in [1.54, 1.807) is 0 Å². The average molecular weight is 294 g/mol. The third kappa shape index (κ3) is 5.95. The summed E-state index contributed by atoms with van der Waals surface area (Å²) in [6, 6.07) is 5.23. The molecule has 0 aliphatic rings. The van der Waals surface area contributed by atoms with Crippen LogP contribution in [0.15, 0.2) is 24.3 Å². The Labute approximate surface area is 127 Å². The summed E-state index contributed by atoms with van der Waals surface area (Å²) in [4.78, 5) is 20.8. The number of amides is 1. The number of aromatic carboxylic acids is 1. The summed E-state index contributed by atoms with van der Waals surface area (Å²) < 4.78 is 1.28. The highest BCUT2D eigenvalue weighted by atomic mass is 16.4. The van der Waals surface area contributed by atoms with E-state index in [2.05, 4.69) is 27.7 Å². The molecule has 0 saturated carbocycles. The molecule has 0 aromatic heterocycles. The summed E-state index contributed by atoms with van der Waals surface area (Å²) >= 11 is 0. The number of hydrogen-bond donors (Lipinski definition) is 1. The first kappa shape index (κ1) is 19.1. The summed E-state index contributed by atoms with van der Waals surface area (Å²) in [5.41, 5.74) is 5.24. The van der Waals surface area contributed by atoms with Crippen LogP contribution in [0.3, 0.4) is 0 Å². The number of carbonyl (C=O) groups excluding carboxylic acids is 2. The van der Waals surface area contributed by atoms with Crippen molar-refractivity contribution in [3.63, 3.8) is 0 Å². The Morgan fingerprint density at radius 2 is 1.24 bits per heavy atom. The molecule has 0 spiro atoms. The van der Waals surface area contributed by atoms with Gasteiger partial charge in [0, 0.05) is 5.56 Å². The Morgan fingerprint density at radius 1 is 0.905 bits per heavy atom. The first-order valence-corrected chi connectivity index (χ1v) is 7.32. The van der Waals surface area contributed by atoms with E-state index < -0.39 is 11.9 Å². The van der Waals surface area contributed by atoms with E-state index in [0.717, 1.165) is 0 Å². The molecule has 0 fully saturated rings. The number of benzene rings is 1. The van der Waals surface area contributed by atoms with Crippen LogP contribution < -0.4 is 10.8 Å². The molecule has 0 unspecified atom stereocenters. The number of quaternary nitrogens is 1. The number of carboxylic acid groups (broad SMARTS) is 1. The number of nitrogens with two attached hydrogens (primary N) is 1. The summed E-state index contributed by atoms with van der Waals surface area (Å²) in [6.07, 6.45) is 0. The molecular weight excluding hydrogens is 268 g/mol. The lowest BCUT2D eigenvalue weighted by atomic mass is 10.1. The SMILES string of the molecule is CC[N+](CC)(CC)CC.NC(=O)c1ccc(C(=O)[O-])cc1. The fourth-order valence-corrected chi connectivity index (χ4v) is 2.11. The number of carbonyl (C=O) groups is 2. The minimum absolute atomic E-state index is 0.0278. The van der Waals surface area contributed by atoms with Gasteiger partial charge < -0.3 is 20.1 Å². The van der Waals surface area contributed by atoms with E-state index in [1.165, 1.54) is 54.9 Å². The highest BCUT2D eigenvalue weighted by Gasteiger charge is 2.16. The molecule has 1 aromatic carbocycles. The molecule has 5 nitrogen and oxygen atoms in total. The first-order chi connectivity index (χ1) is 9.85. The number of primary amides is 1. The van der Waals surface area contributed by atoms with Crippen LogP contribution in [0, 0.1) is 0 Å². The zero-order chi connectivity index (χ0) is 16.5. The van der Waals surface area contributed by atoms with Crippen molar-refractivity contribution in [1.82, 2.24) is 0 Å². The second-order valence-electron chi connectivity index (χ2n) is 4.84. The van der Waals surface area contributed by atoms with Gasteiger partial charge in [-0.25, -0.2) is 0 Å². The molecule has 2 N–H and O–H groups in total. The minimum Gasteiger partial charge on any atom is -0.545 e. The van der Waals surface area contributed by atoms with E-state index in [1.807, 2.05) is 0 Å². The predicted octanol–water partition coefficient (Wildman–Crippen LogP) is 1.03. The van der Waals surface area contributed by atoms with Crippen molar-refractivity contribution in [2.24, 2.45) is 5.73 Å². The number of hydrogen-bond acceptors (Lipinski definition) is 3. The zero-order valence-corrected chi connectivity index (χ0v) is 13.4. The molecule has 5 heteroatoms. The van der Waals surface area contributed by atoms with E-state index in [-0.39, 0.29) is 11.1 Å². The van der Waals surface area contributed by atoms with Crippen LogP contribution in [0.25, 0.3) is 0 Å². The Bertz CT molecular complexity index is 401. The molecule has 0 bridgehead atoms. The molecule has 21 heavy (non-hydrogen) atoms. The molecule has 118 valence electrons. The Balaban J connectivity index is 0.000000400. The quantitative estimate of drug-likeness (QED) is 0.795. The fourth-order valence-electron chi connectivity index (χ4n) is 2.11. The second-order valence-corrected chi connectivity index (χ2v) is 4.84. The maximum atomic E-state index is 10.5. The van der Waals surface area contributed by atoms with Gasteiger partial charge in [-0.15, -0.1) is 0 Å². The molecule has 0 saturated heterocycles. The Kier molecular flexibility index (Phi) is 8.31. The number of nitrogens with zero attached hydrogens (tertiary/aromatic N) is 1. The number of carboxylic acids is 1. The topological polar surface area (TPSA) is 83.2 Å². The van der Waals surface area contributed by atoms with Crippen molar-refractivity contribution in [3.8, 4) is 0 Å². The monoisotopic (exact) mass is 294 g/mol. The lowest BCUT2D eigenvalue weighted by Gasteiger charge is -2.34. The molecule has 1 rings (SSSR count). The third-order valence-electron chi connectivity index (χ3n) is 4.09. The summed E-state index contributed by atoms with van der Waals surface area (Å²) in [6.45, 7) is 14.2. The van der Waals surface area contributed by atoms with Crippen molar-refractivity contribution in [2.45, 2.75) is 27.7 Å². The van der Waals surface area contributed by atoms with Crippen molar-refractivity contribution < 1.29 is 19.2 Å². The van der Waals surface area contributed by atoms with Gasteiger partial charge in [-0.3, -0.25) is 4.79 Å². The van der Waals surface area contributed by atoms with Gasteiger partial charge in [0.05, 0.1) is 32.1 Å². The molecular formula is C16H26N2O3. The van der Waals surface area contributed by atoms with Crippen molar-refractivity contribution >= 4 is 11.9 Å². The lowest BCUT2D eigenvalue weighted by Crippen LogP contribution is -2.47. The van der Waals surface area contributed by atoms with Crippen LogP contribution in [-0.2, 0) is 0 Å². The molecule has 1 amide bonds. The van der Waals surface area contributed by atoms with Gasteiger partial charge in [0.25, 0.3) is 0 Å². The first-order valence-electron chi connectivity index (χ1n) is 7.32. The molecule has 0 aliphatic heterocycles. The predicted molar refractivity (Wildman–Crippen MR) is 81.7 cm³/mol. The largest absolute Gasteiger partial charge is 0.545 e. The van der Waals surface area contributed by atoms with E-state index >= 15 is 0 Å². The Hall–Kier alpha value is -1.88. The van der Waals surface area contributed by atoms with Crippen LogP contribution >= 0.6 is 0 Å². The van der Waals surface area contributed by atoms with Crippen LogP contribution in [0.4, 0.5) is 0 Å². The van der Waals surface area contributed by atoms with Gasteiger partial charge in [0.1, 0.15) is 0 Å². The van der Waals surface area contributed by atoms with Gasteiger partial charge in [0.15, 0.2) is 0 Å². The normalized spacial score (nSPS) is 10.5. The third-order valence-corrected chi connectivity index (χ3v) is 4.09. The summed E-state index contributed by atoms with van der Waals surface area (Å²) in [7, 11) is 0. The molecule has 0 heterocycles. The molecule has 0 radical (unpaired) electrons. The molecule has 0 atom stereocenters. The minimum atomic E-state index is -1.27. The van der Waals surface area contributed by atoms with E-state index in [9.17, 15) is 14.7 Å². The lowest BCUT2D eigenvalue weighted by molar-refractivity contribution is -0.921. The maximum absolute atomic E-state index is 10.5. The second kappa shape index (κ2) is 9.13. The van der Waals surface area contributed by atoms with Crippen LogP contribution in [0.5, 0.6) is 0 Å². The van der Waals surface area contributed by atoms with Gasteiger partial charge in [-0.1, -0.05) is 12.1 Å². The molecule has 0 aliphatic carbocycles. The fraction of sp³-hybridized carbons (Fsp3) is 0.500. The number of rotatable bonds is 6. The van der Waals surface area contributed by atoms with Crippen molar-refractivity contribution in [1.29, 1.82) is 0 Å². The molecule has 1 aromatic rings. The maximum Gasteiger partial charge on any atom is 0.248 e. The van der Waals surface area contributed by atoms with Gasteiger partial charge in [-0.2, -0.15) is 0 Å². The van der Waals surface area contributed by atoms with Gasteiger partial charge in [-0.05, 0) is 45.4 Å².